The lowest BCUT2D eigenvalue weighted by molar-refractivity contribution is -0.139. The van der Waals surface area contributed by atoms with Gasteiger partial charge < -0.3 is 15.6 Å². The first kappa shape index (κ1) is 14.5. The highest BCUT2D eigenvalue weighted by atomic mass is 16.5. The molecule has 0 aromatic heterocycles. The summed E-state index contributed by atoms with van der Waals surface area (Å²) in [5, 5.41) is 11.1. The van der Waals surface area contributed by atoms with Crippen LogP contribution in [0.4, 0.5) is 0 Å². The van der Waals surface area contributed by atoms with Crippen molar-refractivity contribution >= 4 is 0 Å². The second-order valence-corrected chi connectivity index (χ2v) is 5.76. The maximum absolute atomic E-state index is 11.1. The molecule has 1 aliphatic heterocycles. The Morgan fingerprint density at radius 1 is 1.37 bits per heavy atom. The van der Waals surface area contributed by atoms with Crippen LogP contribution in [0.2, 0.25) is 0 Å². The molecule has 3 N–H and O–H groups in total. The second-order valence-electron chi connectivity index (χ2n) is 5.76. The Morgan fingerprint density at radius 2 is 2.05 bits per heavy atom. The van der Waals surface area contributed by atoms with Crippen LogP contribution in [0, 0.1) is 5.41 Å². The maximum Gasteiger partial charge on any atom is 0.0958 e. The minimum absolute atomic E-state index is 0.376. The first-order valence-corrected chi connectivity index (χ1v) is 7.15. The summed E-state index contributed by atoms with van der Waals surface area (Å²) < 4.78 is 5.59. The molecule has 0 spiro atoms. The van der Waals surface area contributed by atoms with Crippen molar-refractivity contribution in [2.75, 3.05) is 19.8 Å². The Bertz CT molecular complexity index is 405. The summed E-state index contributed by atoms with van der Waals surface area (Å²) >= 11 is 0. The van der Waals surface area contributed by atoms with Gasteiger partial charge in [0.25, 0.3) is 0 Å². The predicted molar refractivity (Wildman–Crippen MR) is 76.9 cm³/mol. The summed E-state index contributed by atoms with van der Waals surface area (Å²) in [4.78, 5) is 0. The van der Waals surface area contributed by atoms with E-state index >= 15 is 0 Å². The lowest BCUT2D eigenvalue weighted by Gasteiger charge is -2.47. The zero-order valence-electron chi connectivity index (χ0n) is 12.0. The van der Waals surface area contributed by atoms with E-state index in [0.29, 0.717) is 13.2 Å². The van der Waals surface area contributed by atoms with E-state index in [9.17, 15) is 5.11 Å². The summed E-state index contributed by atoms with van der Waals surface area (Å²) in [7, 11) is 0. The Morgan fingerprint density at radius 3 is 2.53 bits per heavy atom. The van der Waals surface area contributed by atoms with E-state index in [0.717, 1.165) is 31.4 Å². The third-order valence-corrected chi connectivity index (χ3v) is 4.67. The average Bonchev–Trinajstić information content (AvgIpc) is 2.47. The molecule has 1 aliphatic rings. The zero-order valence-corrected chi connectivity index (χ0v) is 12.0. The van der Waals surface area contributed by atoms with Gasteiger partial charge in [-0.2, -0.15) is 0 Å². The summed E-state index contributed by atoms with van der Waals surface area (Å²) in [5.74, 6) is 0. The van der Waals surface area contributed by atoms with Gasteiger partial charge in [0.15, 0.2) is 0 Å². The smallest absolute Gasteiger partial charge is 0.0958 e. The van der Waals surface area contributed by atoms with Crippen molar-refractivity contribution in [2.45, 2.75) is 38.7 Å². The van der Waals surface area contributed by atoms with Crippen LogP contribution in [0.1, 0.15) is 37.8 Å². The Labute approximate surface area is 115 Å². The van der Waals surface area contributed by atoms with Crippen LogP contribution >= 0.6 is 0 Å². The van der Waals surface area contributed by atoms with E-state index in [-0.39, 0.29) is 5.41 Å². The number of nitrogens with two attached hydrogens (primary N) is 1. The number of ether oxygens (including phenoxy) is 1. The Balaban J connectivity index is 2.32. The molecule has 3 heteroatoms. The fourth-order valence-corrected chi connectivity index (χ4v) is 2.97. The zero-order chi connectivity index (χ0) is 13.9. The molecule has 0 amide bonds. The first-order valence-electron chi connectivity index (χ1n) is 7.15. The first-order chi connectivity index (χ1) is 9.05. The standard InChI is InChI=1S/C16H25NO2/c1-3-13-5-7-14(8-6-13)15(2,18)16(11-17)9-4-10-19-12-16/h5-8,18H,3-4,9-12,17H2,1-2H3. The molecule has 2 rings (SSSR count). The van der Waals surface area contributed by atoms with Gasteiger partial charge in [-0.15, -0.1) is 0 Å². The van der Waals surface area contributed by atoms with E-state index < -0.39 is 5.60 Å². The van der Waals surface area contributed by atoms with Gasteiger partial charge in [-0.25, -0.2) is 0 Å². The summed E-state index contributed by atoms with van der Waals surface area (Å²) in [6.07, 6.45) is 2.87. The number of hydrogen-bond acceptors (Lipinski definition) is 3. The molecule has 19 heavy (non-hydrogen) atoms. The number of benzene rings is 1. The van der Waals surface area contributed by atoms with E-state index in [1.807, 2.05) is 19.1 Å². The van der Waals surface area contributed by atoms with E-state index in [2.05, 4.69) is 19.1 Å². The van der Waals surface area contributed by atoms with Gasteiger partial charge in [-0.1, -0.05) is 31.2 Å². The van der Waals surface area contributed by atoms with Gasteiger partial charge in [-0.05, 0) is 37.3 Å². The van der Waals surface area contributed by atoms with Crippen molar-refractivity contribution in [3.63, 3.8) is 0 Å². The molecule has 1 heterocycles. The molecule has 2 atom stereocenters. The third-order valence-electron chi connectivity index (χ3n) is 4.67. The van der Waals surface area contributed by atoms with Gasteiger partial charge >= 0.3 is 0 Å². The maximum atomic E-state index is 11.1. The highest BCUT2D eigenvalue weighted by molar-refractivity contribution is 5.29. The number of aliphatic hydroxyl groups is 1. The van der Waals surface area contributed by atoms with Gasteiger partial charge in [0.05, 0.1) is 12.2 Å². The van der Waals surface area contributed by atoms with Crippen LogP contribution in [0.15, 0.2) is 24.3 Å². The molecular weight excluding hydrogens is 238 g/mol. The minimum atomic E-state index is -0.950. The minimum Gasteiger partial charge on any atom is -0.385 e. The molecule has 1 aromatic carbocycles. The topological polar surface area (TPSA) is 55.5 Å². The van der Waals surface area contributed by atoms with Crippen molar-refractivity contribution in [1.29, 1.82) is 0 Å². The lowest BCUT2D eigenvalue weighted by Crippen LogP contribution is -2.53. The molecule has 1 aromatic rings. The fourth-order valence-electron chi connectivity index (χ4n) is 2.97. The van der Waals surface area contributed by atoms with Crippen LogP contribution < -0.4 is 5.73 Å². The molecule has 0 saturated carbocycles. The summed E-state index contributed by atoms with van der Waals surface area (Å²) in [6, 6.07) is 8.20. The average molecular weight is 263 g/mol. The van der Waals surface area contributed by atoms with E-state index in [4.69, 9.17) is 10.5 Å². The SMILES string of the molecule is CCc1ccc(C(C)(O)C2(CN)CCCOC2)cc1. The van der Waals surface area contributed by atoms with E-state index in [1.165, 1.54) is 5.56 Å². The predicted octanol–water partition coefficient (Wildman–Crippen LogP) is 2.21. The molecular formula is C16H25NO2. The molecule has 3 nitrogen and oxygen atoms in total. The molecule has 0 bridgehead atoms. The van der Waals surface area contributed by atoms with Crippen molar-refractivity contribution in [1.82, 2.24) is 0 Å². The van der Waals surface area contributed by atoms with Crippen LogP contribution in [-0.2, 0) is 16.8 Å². The fraction of sp³-hybridized carbons (Fsp3) is 0.625. The van der Waals surface area contributed by atoms with Crippen LogP contribution in [-0.4, -0.2) is 24.9 Å². The quantitative estimate of drug-likeness (QED) is 0.875. The molecule has 106 valence electrons. The van der Waals surface area contributed by atoms with Gasteiger partial charge in [0.1, 0.15) is 0 Å². The molecule has 1 fully saturated rings. The lowest BCUT2D eigenvalue weighted by atomic mass is 9.66. The summed E-state index contributed by atoms with van der Waals surface area (Å²) in [6.45, 7) is 5.74. The monoisotopic (exact) mass is 263 g/mol. The van der Waals surface area contributed by atoms with E-state index in [1.54, 1.807) is 0 Å². The highest BCUT2D eigenvalue weighted by Gasteiger charge is 2.48. The largest absolute Gasteiger partial charge is 0.385 e. The van der Waals surface area contributed by atoms with Crippen molar-refractivity contribution in [3.8, 4) is 0 Å². The molecule has 0 aliphatic carbocycles. The van der Waals surface area contributed by atoms with Crippen LogP contribution in [0.5, 0.6) is 0 Å². The number of hydrogen-bond donors (Lipinski definition) is 2. The van der Waals surface area contributed by atoms with Crippen molar-refractivity contribution < 1.29 is 9.84 Å². The van der Waals surface area contributed by atoms with Crippen LogP contribution in [0.3, 0.4) is 0 Å². The highest BCUT2D eigenvalue weighted by Crippen LogP contribution is 2.44. The van der Waals surface area contributed by atoms with Crippen molar-refractivity contribution in [3.05, 3.63) is 35.4 Å². The van der Waals surface area contributed by atoms with Crippen molar-refractivity contribution in [2.24, 2.45) is 11.1 Å². The Hall–Kier alpha value is -0.900. The van der Waals surface area contributed by atoms with Crippen LogP contribution in [0.25, 0.3) is 0 Å². The molecule has 1 saturated heterocycles. The van der Waals surface area contributed by atoms with Gasteiger partial charge in [-0.3, -0.25) is 0 Å². The van der Waals surface area contributed by atoms with Gasteiger partial charge in [0.2, 0.25) is 0 Å². The number of rotatable bonds is 4. The summed E-state index contributed by atoms with van der Waals surface area (Å²) in [5.41, 5.74) is 6.86. The molecule has 2 unspecified atom stereocenters. The normalized spacial score (nSPS) is 26.9. The molecule has 0 radical (unpaired) electrons. The number of aryl methyl sites for hydroxylation is 1. The van der Waals surface area contributed by atoms with Gasteiger partial charge in [0, 0.05) is 18.6 Å². The second kappa shape index (κ2) is 5.61. The third kappa shape index (κ3) is 2.55. The Kier molecular flexibility index (Phi) is 4.29.